The first kappa shape index (κ1) is 14.0. The van der Waals surface area contributed by atoms with E-state index in [1.165, 1.54) is 6.07 Å². The summed E-state index contributed by atoms with van der Waals surface area (Å²) in [5.41, 5.74) is 0.411. The molecule has 0 aromatic heterocycles. The van der Waals surface area contributed by atoms with Gasteiger partial charge in [-0.05, 0) is 18.2 Å². The van der Waals surface area contributed by atoms with E-state index in [1.807, 2.05) is 0 Å². The molecule has 18 heavy (non-hydrogen) atoms. The van der Waals surface area contributed by atoms with Crippen LogP contribution in [0.4, 0.5) is 0 Å². The van der Waals surface area contributed by atoms with Crippen molar-refractivity contribution in [2.75, 3.05) is 26.9 Å². The van der Waals surface area contributed by atoms with E-state index in [1.54, 1.807) is 25.3 Å². The van der Waals surface area contributed by atoms with Crippen LogP contribution in [0.15, 0.2) is 24.3 Å². The molecular weight excluding hydrogens is 238 g/mol. The third-order valence-electron chi connectivity index (χ3n) is 2.05. The van der Waals surface area contributed by atoms with Gasteiger partial charge in [0.05, 0.1) is 6.61 Å². The zero-order chi connectivity index (χ0) is 13.4. The van der Waals surface area contributed by atoms with E-state index in [0.717, 1.165) is 0 Å². The lowest BCUT2D eigenvalue weighted by Gasteiger charge is -2.07. The quantitative estimate of drug-likeness (QED) is 0.692. The van der Waals surface area contributed by atoms with Crippen LogP contribution in [0.25, 0.3) is 0 Å². The summed E-state index contributed by atoms with van der Waals surface area (Å²) in [5, 5.41) is 11.1. The van der Waals surface area contributed by atoms with Gasteiger partial charge < -0.3 is 19.9 Å². The van der Waals surface area contributed by atoms with Crippen LogP contribution in [0, 0.1) is 0 Å². The summed E-state index contributed by atoms with van der Waals surface area (Å²) < 4.78 is 9.79. The van der Waals surface area contributed by atoms with Gasteiger partial charge in [-0.15, -0.1) is 0 Å². The molecule has 0 aliphatic carbocycles. The van der Waals surface area contributed by atoms with Crippen LogP contribution in [0.5, 0.6) is 5.75 Å². The lowest BCUT2D eigenvalue weighted by molar-refractivity contribution is -0.139. The summed E-state index contributed by atoms with van der Waals surface area (Å²) in [4.78, 5) is 22.0. The Kier molecular flexibility index (Phi) is 5.66. The van der Waals surface area contributed by atoms with Gasteiger partial charge in [-0.1, -0.05) is 6.07 Å². The lowest BCUT2D eigenvalue weighted by atomic mass is 10.2. The van der Waals surface area contributed by atoms with E-state index in [9.17, 15) is 9.59 Å². The second kappa shape index (κ2) is 7.29. The molecule has 6 nitrogen and oxygen atoms in total. The maximum atomic E-state index is 11.7. The fraction of sp³-hybridized carbons (Fsp3) is 0.333. The first-order valence-corrected chi connectivity index (χ1v) is 5.35. The van der Waals surface area contributed by atoms with Crippen LogP contribution in [0.1, 0.15) is 10.4 Å². The smallest absolute Gasteiger partial charge is 0.341 e. The van der Waals surface area contributed by atoms with Crippen molar-refractivity contribution in [3.8, 4) is 5.75 Å². The molecule has 1 aromatic carbocycles. The van der Waals surface area contributed by atoms with Crippen LogP contribution in [-0.4, -0.2) is 43.9 Å². The first-order chi connectivity index (χ1) is 8.63. The number of nitrogens with one attached hydrogen (secondary N) is 1. The topological polar surface area (TPSA) is 84.9 Å². The third kappa shape index (κ3) is 4.84. The van der Waals surface area contributed by atoms with Crippen LogP contribution in [0.2, 0.25) is 0 Å². The van der Waals surface area contributed by atoms with Gasteiger partial charge in [0.25, 0.3) is 5.91 Å². The molecule has 0 bridgehead atoms. The number of ether oxygens (including phenoxy) is 2. The highest BCUT2D eigenvalue weighted by Gasteiger charge is 2.06. The summed E-state index contributed by atoms with van der Waals surface area (Å²) in [6, 6.07) is 6.33. The Morgan fingerprint density at radius 3 is 2.83 bits per heavy atom. The summed E-state index contributed by atoms with van der Waals surface area (Å²) in [7, 11) is 1.55. The maximum absolute atomic E-state index is 11.7. The second-order valence-electron chi connectivity index (χ2n) is 3.46. The molecule has 0 atom stereocenters. The van der Waals surface area contributed by atoms with Crippen LogP contribution < -0.4 is 10.1 Å². The van der Waals surface area contributed by atoms with Crippen molar-refractivity contribution in [2.24, 2.45) is 0 Å². The van der Waals surface area contributed by atoms with Crippen molar-refractivity contribution in [3.05, 3.63) is 29.8 Å². The molecule has 0 aliphatic heterocycles. The molecule has 6 heteroatoms. The number of hydrogen-bond donors (Lipinski definition) is 2. The zero-order valence-corrected chi connectivity index (χ0v) is 10.0. The maximum Gasteiger partial charge on any atom is 0.341 e. The first-order valence-electron chi connectivity index (χ1n) is 5.35. The molecule has 1 amide bonds. The summed E-state index contributed by atoms with van der Waals surface area (Å²) in [6.45, 7) is 0.408. The summed E-state index contributed by atoms with van der Waals surface area (Å²) in [5.74, 6) is -0.977. The minimum absolute atomic E-state index is 0.257. The van der Waals surface area contributed by atoms with E-state index >= 15 is 0 Å². The number of rotatable bonds is 7. The highest BCUT2D eigenvalue weighted by atomic mass is 16.5. The Balaban J connectivity index is 2.57. The molecule has 1 rings (SSSR count). The van der Waals surface area contributed by atoms with Crippen LogP contribution in [-0.2, 0) is 9.53 Å². The van der Waals surface area contributed by atoms with Gasteiger partial charge in [-0.2, -0.15) is 0 Å². The Morgan fingerprint density at radius 1 is 1.39 bits per heavy atom. The van der Waals surface area contributed by atoms with E-state index in [-0.39, 0.29) is 5.91 Å². The van der Waals surface area contributed by atoms with E-state index in [0.29, 0.717) is 24.5 Å². The number of carboxylic acids is 1. The number of benzene rings is 1. The Bertz CT molecular complexity index is 419. The van der Waals surface area contributed by atoms with Gasteiger partial charge in [-0.25, -0.2) is 4.79 Å². The predicted molar refractivity (Wildman–Crippen MR) is 63.8 cm³/mol. The minimum atomic E-state index is -1.06. The number of carboxylic acid groups (broad SMARTS) is 1. The summed E-state index contributed by atoms with van der Waals surface area (Å²) >= 11 is 0. The number of aliphatic carboxylic acids is 1. The predicted octanol–water partition coefficient (Wildman–Crippen LogP) is 0.526. The molecule has 0 fully saturated rings. The number of amides is 1. The minimum Gasteiger partial charge on any atom is -0.482 e. The van der Waals surface area contributed by atoms with Gasteiger partial charge in [0.2, 0.25) is 0 Å². The fourth-order valence-corrected chi connectivity index (χ4v) is 1.24. The molecule has 0 radical (unpaired) electrons. The second-order valence-corrected chi connectivity index (χ2v) is 3.46. The number of carbonyl (C=O) groups is 2. The Morgan fingerprint density at radius 2 is 2.17 bits per heavy atom. The van der Waals surface area contributed by atoms with Crippen molar-refractivity contribution in [1.29, 1.82) is 0 Å². The standard InChI is InChI=1S/C12H15NO5/c1-17-6-5-13-12(16)9-3-2-4-10(7-9)18-8-11(14)15/h2-4,7H,5-6,8H2,1H3,(H,13,16)(H,14,15). The Hall–Kier alpha value is -2.08. The van der Waals surface area contributed by atoms with Gasteiger partial charge in [0.15, 0.2) is 6.61 Å². The lowest BCUT2D eigenvalue weighted by Crippen LogP contribution is -2.26. The largest absolute Gasteiger partial charge is 0.482 e. The van der Waals surface area contributed by atoms with Gasteiger partial charge in [0.1, 0.15) is 5.75 Å². The van der Waals surface area contributed by atoms with Crippen molar-refractivity contribution in [3.63, 3.8) is 0 Å². The van der Waals surface area contributed by atoms with E-state index in [4.69, 9.17) is 14.6 Å². The Labute approximate surface area is 105 Å². The zero-order valence-electron chi connectivity index (χ0n) is 10.0. The van der Waals surface area contributed by atoms with Crippen LogP contribution >= 0.6 is 0 Å². The van der Waals surface area contributed by atoms with Crippen molar-refractivity contribution in [1.82, 2.24) is 5.32 Å². The SMILES string of the molecule is COCCNC(=O)c1cccc(OCC(=O)O)c1. The van der Waals surface area contributed by atoms with Gasteiger partial charge >= 0.3 is 5.97 Å². The van der Waals surface area contributed by atoms with E-state index < -0.39 is 12.6 Å². The van der Waals surface area contributed by atoms with E-state index in [2.05, 4.69) is 5.32 Å². The number of carbonyl (C=O) groups excluding carboxylic acids is 1. The van der Waals surface area contributed by atoms with Gasteiger partial charge in [0, 0.05) is 19.2 Å². The summed E-state index contributed by atoms with van der Waals surface area (Å²) in [6.07, 6.45) is 0. The molecule has 1 aromatic rings. The normalized spacial score (nSPS) is 9.83. The van der Waals surface area contributed by atoms with Crippen molar-refractivity contribution in [2.45, 2.75) is 0 Å². The molecule has 2 N–H and O–H groups in total. The fourth-order valence-electron chi connectivity index (χ4n) is 1.24. The third-order valence-corrected chi connectivity index (χ3v) is 2.05. The highest BCUT2D eigenvalue weighted by molar-refractivity contribution is 5.94. The monoisotopic (exact) mass is 253 g/mol. The molecule has 98 valence electrons. The number of methoxy groups -OCH3 is 1. The van der Waals surface area contributed by atoms with Gasteiger partial charge in [-0.3, -0.25) is 4.79 Å². The molecule has 0 saturated heterocycles. The van der Waals surface area contributed by atoms with Crippen LogP contribution in [0.3, 0.4) is 0 Å². The molecule has 0 heterocycles. The highest BCUT2D eigenvalue weighted by Crippen LogP contribution is 2.13. The number of hydrogen-bond acceptors (Lipinski definition) is 4. The molecule has 0 saturated carbocycles. The van der Waals surface area contributed by atoms with Crippen molar-refractivity contribution < 1.29 is 24.2 Å². The molecular formula is C12H15NO5. The molecule has 0 unspecified atom stereocenters. The average Bonchev–Trinajstić information content (AvgIpc) is 2.37. The van der Waals surface area contributed by atoms with Crippen molar-refractivity contribution >= 4 is 11.9 Å². The average molecular weight is 253 g/mol. The molecule has 0 spiro atoms. The molecule has 0 aliphatic rings.